The van der Waals surface area contributed by atoms with Crippen LogP contribution in [0.4, 0.5) is 5.69 Å². The van der Waals surface area contributed by atoms with E-state index in [1.807, 2.05) is 6.92 Å². The Kier molecular flexibility index (Phi) is 5.39. The normalized spacial score (nSPS) is 15.8. The molecule has 1 amide bonds. The fourth-order valence-corrected chi connectivity index (χ4v) is 2.71. The molecule has 1 heterocycles. The molecule has 1 aliphatic rings. The molecule has 134 valence electrons. The fourth-order valence-electron chi connectivity index (χ4n) is 2.71. The van der Waals surface area contributed by atoms with Crippen molar-refractivity contribution in [3.63, 3.8) is 0 Å². The number of nitrogens with two attached hydrogens (primary N) is 1. The molecule has 0 bridgehead atoms. The van der Waals surface area contributed by atoms with Crippen molar-refractivity contribution in [3.05, 3.63) is 46.5 Å². The Morgan fingerprint density at radius 3 is 2.76 bits per heavy atom. The minimum atomic E-state index is -0.545. The van der Waals surface area contributed by atoms with Crippen LogP contribution in [0.2, 0.25) is 0 Å². The molecule has 0 aliphatic heterocycles. The summed E-state index contributed by atoms with van der Waals surface area (Å²) in [5, 5.41) is 18.2. The zero-order valence-electron chi connectivity index (χ0n) is 13.6. The van der Waals surface area contributed by atoms with E-state index >= 15 is 0 Å². The predicted octanol–water partition coefficient (Wildman–Crippen LogP) is 1.45. The molecule has 1 atom stereocenters. The molecule has 1 aromatic carbocycles. The van der Waals surface area contributed by atoms with Gasteiger partial charge < -0.3 is 11.1 Å². The lowest BCUT2D eigenvalue weighted by atomic mass is 9.95. The summed E-state index contributed by atoms with van der Waals surface area (Å²) >= 11 is 0. The second-order valence-electron chi connectivity index (χ2n) is 6.15. The first-order valence-electron chi connectivity index (χ1n) is 7.60. The molecule has 0 spiro atoms. The lowest BCUT2D eigenvalue weighted by Gasteiger charge is -2.29. The molecule has 1 saturated carbocycles. The van der Waals surface area contributed by atoms with Crippen LogP contribution in [-0.4, -0.2) is 37.7 Å². The smallest absolute Gasteiger partial charge is 0.295 e. The molecule has 9 nitrogen and oxygen atoms in total. The molecule has 1 aliphatic carbocycles. The molecule has 10 heteroatoms. The zero-order valence-corrected chi connectivity index (χ0v) is 14.4. The van der Waals surface area contributed by atoms with Crippen LogP contribution in [0.5, 0.6) is 0 Å². The van der Waals surface area contributed by atoms with Crippen molar-refractivity contribution >= 4 is 24.0 Å². The Morgan fingerprint density at radius 2 is 2.24 bits per heavy atom. The molecule has 1 fully saturated rings. The van der Waals surface area contributed by atoms with Crippen LogP contribution in [0.25, 0.3) is 5.69 Å². The number of nitrogens with one attached hydrogen (secondary N) is 1. The van der Waals surface area contributed by atoms with Gasteiger partial charge in [-0.2, -0.15) is 5.10 Å². The number of hydrogen-bond donors (Lipinski definition) is 2. The zero-order chi connectivity index (χ0) is 17.3. The van der Waals surface area contributed by atoms with Crippen molar-refractivity contribution in [1.82, 2.24) is 20.1 Å². The van der Waals surface area contributed by atoms with E-state index in [2.05, 4.69) is 15.4 Å². The summed E-state index contributed by atoms with van der Waals surface area (Å²) in [7, 11) is 0. The molecule has 1 aromatic heterocycles. The molecule has 0 saturated heterocycles. The van der Waals surface area contributed by atoms with Gasteiger partial charge >= 0.3 is 0 Å². The average Bonchev–Trinajstić information content (AvgIpc) is 3.30. The standard InChI is InChI=1S/C15H18N6O3.ClH/c1-15(7-16,11-3-4-11)19-14(22)10-2-5-12(13(6-10)21(23)24)20-9-17-8-18-20;/h2,5-6,8-9,11H,3-4,7,16H2,1H3,(H,19,22);1H. The summed E-state index contributed by atoms with van der Waals surface area (Å²) in [6, 6.07) is 4.26. The summed E-state index contributed by atoms with van der Waals surface area (Å²) < 4.78 is 1.29. The number of benzene rings is 1. The van der Waals surface area contributed by atoms with E-state index in [0.29, 0.717) is 12.5 Å². The SMILES string of the molecule is CC(CN)(NC(=O)c1ccc(-n2cncn2)c([N+](=O)[O-])c1)C1CC1.Cl. The summed E-state index contributed by atoms with van der Waals surface area (Å²) in [4.78, 5) is 27.1. The molecule has 3 N–H and O–H groups in total. The van der Waals surface area contributed by atoms with Gasteiger partial charge in [-0.3, -0.25) is 14.9 Å². The third-order valence-corrected chi connectivity index (χ3v) is 4.40. The molecular formula is C15H19ClN6O3. The van der Waals surface area contributed by atoms with Gasteiger partial charge in [0, 0.05) is 18.2 Å². The number of amides is 1. The van der Waals surface area contributed by atoms with Gasteiger partial charge in [0.2, 0.25) is 0 Å². The van der Waals surface area contributed by atoms with Gasteiger partial charge in [-0.15, -0.1) is 12.4 Å². The summed E-state index contributed by atoms with van der Waals surface area (Å²) in [6.07, 6.45) is 4.70. The maximum absolute atomic E-state index is 12.5. The lowest BCUT2D eigenvalue weighted by molar-refractivity contribution is -0.384. The maximum Gasteiger partial charge on any atom is 0.295 e. The monoisotopic (exact) mass is 366 g/mol. The van der Waals surface area contributed by atoms with Gasteiger partial charge in [-0.05, 0) is 37.8 Å². The lowest BCUT2D eigenvalue weighted by Crippen LogP contribution is -2.53. The molecule has 0 radical (unpaired) electrons. The number of nitro benzene ring substituents is 1. The minimum absolute atomic E-state index is 0. The van der Waals surface area contributed by atoms with Crippen LogP contribution in [0, 0.1) is 16.0 Å². The maximum atomic E-state index is 12.5. The van der Waals surface area contributed by atoms with Gasteiger partial charge in [-0.25, -0.2) is 9.67 Å². The quantitative estimate of drug-likeness (QED) is 0.588. The topological polar surface area (TPSA) is 129 Å². The van der Waals surface area contributed by atoms with Crippen LogP contribution < -0.4 is 11.1 Å². The van der Waals surface area contributed by atoms with Crippen molar-refractivity contribution in [1.29, 1.82) is 0 Å². The van der Waals surface area contributed by atoms with Crippen molar-refractivity contribution in [2.75, 3.05) is 6.54 Å². The highest BCUT2D eigenvalue weighted by Gasteiger charge is 2.41. The fraction of sp³-hybridized carbons (Fsp3) is 0.400. The van der Waals surface area contributed by atoms with E-state index in [4.69, 9.17) is 5.73 Å². The Labute approximate surface area is 150 Å². The average molecular weight is 367 g/mol. The van der Waals surface area contributed by atoms with Crippen LogP contribution in [-0.2, 0) is 0 Å². The first kappa shape index (κ1) is 18.8. The molecule has 25 heavy (non-hydrogen) atoms. The first-order valence-corrected chi connectivity index (χ1v) is 7.60. The van der Waals surface area contributed by atoms with Gasteiger partial charge in [0.25, 0.3) is 11.6 Å². The highest BCUT2D eigenvalue weighted by molar-refractivity contribution is 5.95. The number of halogens is 1. The van der Waals surface area contributed by atoms with Crippen LogP contribution in [0.1, 0.15) is 30.1 Å². The number of nitro groups is 1. The van der Waals surface area contributed by atoms with E-state index in [0.717, 1.165) is 12.8 Å². The Balaban J connectivity index is 0.00000225. The number of nitrogens with zero attached hydrogens (tertiary/aromatic N) is 4. The Morgan fingerprint density at radius 1 is 1.52 bits per heavy atom. The Bertz CT molecular complexity index is 778. The highest BCUT2D eigenvalue weighted by Crippen LogP contribution is 2.39. The minimum Gasteiger partial charge on any atom is -0.345 e. The van der Waals surface area contributed by atoms with Crippen LogP contribution in [0.15, 0.2) is 30.9 Å². The van der Waals surface area contributed by atoms with Gasteiger partial charge in [0.15, 0.2) is 0 Å². The van der Waals surface area contributed by atoms with Crippen molar-refractivity contribution in [2.45, 2.75) is 25.3 Å². The predicted molar refractivity (Wildman–Crippen MR) is 92.9 cm³/mol. The number of carbonyl (C=O) groups is 1. The van der Waals surface area contributed by atoms with Gasteiger partial charge in [0.1, 0.15) is 18.3 Å². The van der Waals surface area contributed by atoms with E-state index < -0.39 is 10.5 Å². The number of aromatic nitrogens is 3. The number of carbonyl (C=O) groups excluding carboxylic acids is 1. The van der Waals surface area contributed by atoms with Crippen LogP contribution in [0.3, 0.4) is 0 Å². The summed E-state index contributed by atoms with van der Waals surface area (Å²) in [6.45, 7) is 2.23. The van der Waals surface area contributed by atoms with Crippen molar-refractivity contribution in [2.24, 2.45) is 11.7 Å². The van der Waals surface area contributed by atoms with E-state index in [9.17, 15) is 14.9 Å². The van der Waals surface area contributed by atoms with Gasteiger partial charge in [-0.1, -0.05) is 0 Å². The van der Waals surface area contributed by atoms with E-state index in [1.165, 1.54) is 35.5 Å². The van der Waals surface area contributed by atoms with E-state index in [1.54, 1.807) is 0 Å². The molecule has 3 rings (SSSR count). The van der Waals surface area contributed by atoms with Crippen molar-refractivity contribution < 1.29 is 9.72 Å². The van der Waals surface area contributed by atoms with Crippen LogP contribution >= 0.6 is 12.4 Å². The first-order chi connectivity index (χ1) is 11.4. The second kappa shape index (κ2) is 7.16. The summed E-state index contributed by atoms with van der Waals surface area (Å²) in [5.74, 6) is -0.0149. The number of rotatable bonds is 6. The highest BCUT2D eigenvalue weighted by atomic mass is 35.5. The Hall–Kier alpha value is -2.52. The summed E-state index contributed by atoms with van der Waals surface area (Å²) in [5.41, 5.74) is 5.56. The van der Waals surface area contributed by atoms with E-state index in [-0.39, 0.29) is 35.3 Å². The third kappa shape index (κ3) is 3.77. The van der Waals surface area contributed by atoms with Crippen molar-refractivity contribution in [3.8, 4) is 5.69 Å². The molecule has 1 unspecified atom stereocenters. The largest absolute Gasteiger partial charge is 0.345 e. The number of hydrogen-bond acceptors (Lipinski definition) is 6. The second-order valence-corrected chi connectivity index (χ2v) is 6.15. The molecule has 2 aromatic rings. The molecular weight excluding hydrogens is 348 g/mol. The third-order valence-electron chi connectivity index (χ3n) is 4.40. The van der Waals surface area contributed by atoms with Gasteiger partial charge in [0.05, 0.1) is 10.5 Å².